The number of hydroxylamine groups is 1. The molecule has 82 valence electrons. The highest BCUT2D eigenvalue weighted by atomic mass is 19.1. The summed E-state index contributed by atoms with van der Waals surface area (Å²) in [4.78, 5) is 24.9. The average Bonchev–Trinajstić information content (AvgIpc) is 2.28. The molecule has 0 aliphatic heterocycles. The van der Waals surface area contributed by atoms with E-state index in [0.717, 1.165) is 0 Å². The lowest BCUT2D eigenvalue weighted by molar-refractivity contribution is 0.0705. The van der Waals surface area contributed by atoms with Gasteiger partial charge < -0.3 is 4.98 Å². The molecule has 6 heteroatoms. The summed E-state index contributed by atoms with van der Waals surface area (Å²) in [5.41, 5.74) is 0.841. The first kappa shape index (κ1) is 10.3. The van der Waals surface area contributed by atoms with Gasteiger partial charge in [0.1, 0.15) is 11.4 Å². The number of nitrogens with one attached hydrogen (secondary N) is 2. The fraction of sp³-hybridized carbons (Fsp3) is 0. The van der Waals surface area contributed by atoms with E-state index in [2.05, 4.69) is 4.98 Å². The quantitative estimate of drug-likeness (QED) is 0.492. The van der Waals surface area contributed by atoms with E-state index in [1.54, 1.807) is 0 Å². The van der Waals surface area contributed by atoms with E-state index in [1.807, 2.05) is 0 Å². The van der Waals surface area contributed by atoms with E-state index in [4.69, 9.17) is 5.21 Å². The maximum Gasteiger partial charge on any atom is 0.280 e. The maximum atomic E-state index is 12.9. The van der Waals surface area contributed by atoms with Gasteiger partial charge in [0.15, 0.2) is 0 Å². The Labute approximate surface area is 88.5 Å². The molecule has 2 aromatic rings. The first-order valence-electron chi connectivity index (χ1n) is 4.39. The number of benzene rings is 1. The number of fused-ring (bicyclic) bond motifs is 1. The van der Waals surface area contributed by atoms with Crippen LogP contribution in [0.15, 0.2) is 29.1 Å². The Hall–Kier alpha value is -2.21. The van der Waals surface area contributed by atoms with Gasteiger partial charge in [-0.1, -0.05) is 0 Å². The van der Waals surface area contributed by atoms with Crippen molar-refractivity contribution in [1.29, 1.82) is 0 Å². The number of carbonyl (C=O) groups is 1. The molecule has 5 nitrogen and oxygen atoms in total. The number of pyridine rings is 1. The van der Waals surface area contributed by atoms with Gasteiger partial charge in [0.25, 0.3) is 11.5 Å². The summed E-state index contributed by atoms with van der Waals surface area (Å²) in [6, 6.07) is 4.99. The molecule has 0 saturated carbocycles. The minimum Gasteiger partial charge on any atom is -0.321 e. The van der Waals surface area contributed by atoms with Crippen molar-refractivity contribution in [3.63, 3.8) is 0 Å². The molecule has 0 aliphatic carbocycles. The number of rotatable bonds is 1. The smallest absolute Gasteiger partial charge is 0.280 e. The number of halogens is 1. The molecule has 0 unspecified atom stereocenters. The summed E-state index contributed by atoms with van der Waals surface area (Å²) in [5, 5.41) is 8.79. The Kier molecular flexibility index (Phi) is 2.41. The third-order valence-corrected chi connectivity index (χ3v) is 2.15. The number of carbonyl (C=O) groups excluding carboxylic acids is 1. The van der Waals surface area contributed by atoms with Gasteiger partial charge in [0, 0.05) is 10.9 Å². The molecular formula is C10H7FN2O3. The summed E-state index contributed by atoms with van der Waals surface area (Å²) in [6.45, 7) is 0. The van der Waals surface area contributed by atoms with Gasteiger partial charge in [-0.05, 0) is 24.3 Å². The van der Waals surface area contributed by atoms with Crippen LogP contribution >= 0.6 is 0 Å². The highest BCUT2D eigenvalue weighted by molar-refractivity contribution is 5.96. The van der Waals surface area contributed by atoms with Crippen LogP contribution in [-0.2, 0) is 0 Å². The van der Waals surface area contributed by atoms with Crippen molar-refractivity contribution < 1.29 is 14.4 Å². The number of aromatic amines is 1. The van der Waals surface area contributed by atoms with Crippen molar-refractivity contribution in [3.8, 4) is 0 Å². The predicted molar refractivity (Wildman–Crippen MR) is 53.8 cm³/mol. The lowest BCUT2D eigenvalue weighted by Crippen LogP contribution is -2.26. The summed E-state index contributed by atoms with van der Waals surface area (Å²) in [6.07, 6.45) is 0. The van der Waals surface area contributed by atoms with Gasteiger partial charge in [-0.25, -0.2) is 9.87 Å². The van der Waals surface area contributed by atoms with E-state index in [9.17, 15) is 14.0 Å². The van der Waals surface area contributed by atoms with Crippen LogP contribution in [0.2, 0.25) is 0 Å². The van der Waals surface area contributed by atoms with Crippen LogP contribution in [0.1, 0.15) is 10.4 Å². The van der Waals surface area contributed by atoms with Crippen LogP contribution in [-0.4, -0.2) is 16.1 Å². The first-order valence-corrected chi connectivity index (χ1v) is 4.39. The Morgan fingerprint density at radius 3 is 2.81 bits per heavy atom. The Morgan fingerprint density at radius 2 is 2.12 bits per heavy atom. The third kappa shape index (κ3) is 1.66. The first-order chi connectivity index (χ1) is 7.61. The Morgan fingerprint density at radius 1 is 1.38 bits per heavy atom. The molecule has 0 atom stereocenters. The molecule has 16 heavy (non-hydrogen) atoms. The predicted octanol–water partition coefficient (Wildman–Crippen LogP) is 0.786. The van der Waals surface area contributed by atoms with Crippen LogP contribution in [0, 0.1) is 5.82 Å². The molecule has 1 heterocycles. The lowest BCUT2D eigenvalue weighted by Gasteiger charge is -2.01. The molecule has 1 aromatic carbocycles. The van der Waals surface area contributed by atoms with Crippen molar-refractivity contribution in [1.82, 2.24) is 10.5 Å². The third-order valence-electron chi connectivity index (χ3n) is 2.15. The van der Waals surface area contributed by atoms with E-state index in [1.165, 1.54) is 29.7 Å². The summed E-state index contributed by atoms with van der Waals surface area (Å²) in [7, 11) is 0. The number of aromatic nitrogens is 1. The van der Waals surface area contributed by atoms with Crippen LogP contribution in [0.4, 0.5) is 4.39 Å². The highest BCUT2D eigenvalue weighted by Gasteiger charge is 2.10. The average molecular weight is 222 g/mol. The topological polar surface area (TPSA) is 82.2 Å². The molecular weight excluding hydrogens is 215 g/mol. The second kappa shape index (κ2) is 3.74. The second-order valence-electron chi connectivity index (χ2n) is 3.18. The van der Waals surface area contributed by atoms with E-state index < -0.39 is 17.3 Å². The maximum absolute atomic E-state index is 12.9. The zero-order valence-electron chi connectivity index (χ0n) is 7.95. The van der Waals surface area contributed by atoms with Crippen molar-refractivity contribution in [2.45, 2.75) is 0 Å². The molecule has 0 saturated heterocycles. The van der Waals surface area contributed by atoms with Crippen LogP contribution in [0.3, 0.4) is 0 Å². The fourth-order valence-electron chi connectivity index (χ4n) is 1.41. The molecule has 3 N–H and O–H groups in total. The Bertz CT molecular complexity index is 621. The Balaban J connectivity index is 2.74. The zero-order chi connectivity index (χ0) is 11.7. The lowest BCUT2D eigenvalue weighted by atomic mass is 10.1. The van der Waals surface area contributed by atoms with E-state index in [0.29, 0.717) is 10.9 Å². The molecule has 0 aliphatic rings. The van der Waals surface area contributed by atoms with E-state index >= 15 is 0 Å². The zero-order valence-corrected chi connectivity index (χ0v) is 7.95. The van der Waals surface area contributed by atoms with Crippen LogP contribution < -0.4 is 11.0 Å². The minimum absolute atomic E-state index is 0.277. The van der Waals surface area contributed by atoms with Crippen molar-refractivity contribution in [2.75, 3.05) is 0 Å². The standard InChI is InChI=1S/C10H7FN2O3/c11-6-1-2-8-5(3-6)4-7(9(14)12-8)10(15)13-16/h1-4,16H,(H,12,14)(H,13,15). The van der Waals surface area contributed by atoms with Gasteiger partial charge in [0.2, 0.25) is 0 Å². The fourth-order valence-corrected chi connectivity index (χ4v) is 1.41. The molecule has 0 fully saturated rings. The highest BCUT2D eigenvalue weighted by Crippen LogP contribution is 2.12. The molecule has 0 spiro atoms. The van der Waals surface area contributed by atoms with E-state index in [-0.39, 0.29) is 5.56 Å². The SMILES string of the molecule is O=C(NO)c1cc2cc(F)ccc2[nH]c1=O. The van der Waals surface area contributed by atoms with Crippen molar-refractivity contribution in [3.05, 3.63) is 46.0 Å². The monoisotopic (exact) mass is 222 g/mol. The van der Waals surface area contributed by atoms with Crippen molar-refractivity contribution >= 4 is 16.8 Å². The molecule has 2 rings (SSSR count). The van der Waals surface area contributed by atoms with Crippen LogP contribution in [0.5, 0.6) is 0 Å². The number of H-pyrrole nitrogens is 1. The van der Waals surface area contributed by atoms with Gasteiger partial charge >= 0.3 is 0 Å². The van der Waals surface area contributed by atoms with Gasteiger partial charge in [-0.2, -0.15) is 0 Å². The van der Waals surface area contributed by atoms with Gasteiger partial charge in [0.05, 0.1) is 0 Å². The second-order valence-corrected chi connectivity index (χ2v) is 3.18. The molecule has 1 aromatic heterocycles. The summed E-state index contributed by atoms with van der Waals surface area (Å²) < 4.78 is 12.9. The number of hydrogen-bond donors (Lipinski definition) is 3. The minimum atomic E-state index is -0.938. The number of hydrogen-bond acceptors (Lipinski definition) is 3. The van der Waals surface area contributed by atoms with Gasteiger partial charge in [-0.3, -0.25) is 14.8 Å². The summed E-state index contributed by atoms with van der Waals surface area (Å²) in [5.74, 6) is -1.41. The molecule has 1 amide bonds. The normalized spacial score (nSPS) is 10.4. The number of amides is 1. The largest absolute Gasteiger partial charge is 0.321 e. The summed E-state index contributed by atoms with van der Waals surface area (Å²) >= 11 is 0. The molecule has 0 radical (unpaired) electrons. The van der Waals surface area contributed by atoms with Crippen LogP contribution in [0.25, 0.3) is 10.9 Å². The van der Waals surface area contributed by atoms with Crippen molar-refractivity contribution in [2.24, 2.45) is 0 Å². The molecule has 0 bridgehead atoms. The van der Waals surface area contributed by atoms with Gasteiger partial charge in [-0.15, -0.1) is 0 Å².